The number of rotatable bonds is 2. The molecule has 1 aliphatic heterocycles. The molecule has 1 aliphatic rings. The summed E-state index contributed by atoms with van der Waals surface area (Å²) >= 11 is -2.67. The van der Waals surface area contributed by atoms with Gasteiger partial charge in [0, 0.05) is 6.92 Å². The summed E-state index contributed by atoms with van der Waals surface area (Å²) in [4.78, 5) is 9.84. The Morgan fingerprint density at radius 2 is 2.11 bits per heavy atom. The Hall–Kier alpha value is -0.500. The molecule has 0 bridgehead atoms. The molecule has 7 heteroatoms. The van der Waals surface area contributed by atoms with Crippen molar-refractivity contribution in [2.24, 2.45) is 5.92 Å². The standard InChI is InChI=1S/C6H13N.C3H8.C2H5NO4S/c1-6-3-2-4-7-5-6;1-3-2;1-2(4)3-7-8(5)6/h6-7H,2-5H2,1H3;3H2,1-2H3;1H3,(H,3,4)(H,5,6)/p-1. The molecule has 110 valence electrons. The van der Waals surface area contributed by atoms with Crippen LogP contribution in [-0.2, 0) is 20.4 Å². The number of amides is 1. The third kappa shape index (κ3) is 20.9. The molecule has 0 aliphatic carbocycles. The lowest BCUT2D eigenvalue weighted by Crippen LogP contribution is -2.27. The lowest BCUT2D eigenvalue weighted by atomic mass is 10.0. The summed E-state index contributed by atoms with van der Waals surface area (Å²) in [6.45, 7) is 10.2. The van der Waals surface area contributed by atoms with Crippen molar-refractivity contribution in [3.63, 3.8) is 0 Å². The Morgan fingerprint density at radius 1 is 1.56 bits per heavy atom. The van der Waals surface area contributed by atoms with Crippen LogP contribution in [0.1, 0.15) is 47.0 Å². The van der Waals surface area contributed by atoms with Gasteiger partial charge in [-0.15, -0.1) is 0 Å². The van der Waals surface area contributed by atoms with E-state index in [4.69, 9.17) is 0 Å². The summed E-state index contributed by atoms with van der Waals surface area (Å²) in [5.41, 5.74) is 1.59. The van der Waals surface area contributed by atoms with Crippen LogP contribution < -0.4 is 10.8 Å². The number of carbonyl (C=O) groups is 1. The molecule has 0 saturated carbocycles. The van der Waals surface area contributed by atoms with Gasteiger partial charge in [0.15, 0.2) is 0 Å². The molecule has 0 aromatic carbocycles. The van der Waals surface area contributed by atoms with E-state index in [0.717, 1.165) is 12.8 Å². The molecule has 1 amide bonds. The smallest absolute Gasteiger partial charge is 0.241 e. The second kappa shape index (κ2) is 14.6. The highest BCUT2D eigenvalue weighted by Crippen LogP contribution is 2.06. The molecular weight excluding hydrogens is 256 g/mol. The third-order valence-corrected chi connectivity index (χ3v) is 2.02. The van der Waals surface area contributed by atoms with Crippen molar-refractivity contribution in [2.75, 3.05) is 13.1 Å². The minimum atomic E-state index is -2.67. The van der Waals surface area contributed by atoms with Crippen LogP contribution >= 0.6 is 0 Å². The van der Waals surface area contributed by atoms with Gasteiger partial charge in [-0.05, 0) is 31.8 Å². The van der Waals surface area contributed by atoms with Crippen molar-refractivity contribution in [3.05, 3.63) is 0 Å². The fourth-order valence-electron chi connectivity index (χ4n) is 1.12. The highest BCUT2D eigenvalue weighted by Gasteiger charge is 2.04. The Kier molecular flexibility index (Phi) is 16.0. The number of hydrogen-bond donors (Lipinski definition) is 2. The summed E-state index contributed by atoms with van der Waals surface area (Å²) < 4.78 is 22.6. The lowest BCUT2D eigenvalue weighted by Gasteiger charge is -2.17. The highest BCUT2D eigenvalue weighted by molar-refractivity contribution is 7.74. The minimum Gasteiger partial charge on any atom is -0.748 e. The molecule has 0 aromatic heterocycles. The molecule has 1 saturated heterocycles. The van der Waals surface area contributed by atoms with Crippen LogP contribution in [0.4, 0.5) is 0 Å². The average molecular weight is 281 g/mol. The SMILES string of the molecule is CC(=O)NOS(=O)[O-].CC1CCCNC1.CCC. The first kappa shape index (κ1) is 19.8. The normalized spacial score (nSPS) is 19.5. The van der Waals surface area contributed by atoms with E-state index in [-0.39, 0.29) is 0 Å². The van der Waals surface area contributed by atoms with E-state index < -0.39 is 17.3 Å². The van der Waals surface area contributed by atoms with E-state index in [9.17, 15) is 13.6 Å². The fraction of sp³-hybridized carbons (Fsp3) is 0.909. The van der Waals surface area contributed by atoms with E-state index in [1.807, 2.05) is 0 Å². The molecule has 2 unspecified atom stereocenters. The van der Waals surface area contributed by atoms with Gasteiger partial charge in [0.1, 0.15) is 11.4 Å². The number of carbonyl (C=O) groups excluding carboxylic acids is 1. The van der Waals surface area contributed by atoms with Gasteiger partial charge in [-0.25, -0.2) is 9.69 Å². The Labute approximate surface area is 112 Å². The quantitative estimate of drug-likeness (QED) is 0.587. The lowest BCUT2D eigenvalue weighted by molar-refractivity contribution is -0.125. The molecule has 18 heavy (non-hydrogen) atoms. The van der Waals surface area contributed by atoms with Crippen LogP contribution in [0.25, 0.3) is 0 Å². The number of hydroxylamine groups is 1. The van der Waals surface area contributed by atoms with E-state index >= 15 is 0 Å². The first-order chi connectivity index (χ1) is 8.43. The summed E-state index contributed by atoms with van der Waals surface area (Å²) in [5, 5.41) is 3.33. The van der Waals surface area contributed by atoms with E-state index in [1.54, 1.807) is 5.48 Å². The van der Waals surface area contributed by atoms with Gasteiger partial charge >= 0.3 is 0 Å². The molecular formula is C11H25N2O4S-. The Balaban J connectivity index is 0. The van der Waals surface area contributed by atoms with Crippen molar-refractivity contribution in [1.29, 1.82) is 0 Å². The maximum absolute atomic E-state index is 9.84. The molecule has 6 nitrogen and oxygen atoms in total. The second-order valence-corrected chi connectivity index (χ2v) is 4.68. The summed E-state index contributed by atoms with van der Waals surface area (Å²) in [6.07, 6.45) is 4.05. The zero-order valence-electron chi connectivity index (χ0n) is 11.7. The van der Waals surface area contributed by atoms with Gasteiger partial charge < -0.3 is 9.87 Å². The molecule has 2 atom stereocenters. The first-order valence-corrected chi connectivity index (χ1v) is 7.17. The molecule has 1 rings (SSSR count). The minimum absolute atomic E-state index is 0.561. The number of nitrogens with one attached hydrogen (secondary N) is 2. The first-order valence-electron chi connectivity index (χ1n) is 6.17. The molecule has 0 aromatic rings. The van der Waals surface area contributed by atoms with Gasteiger partial charge in [-0.2, -0.15) is 4.28 Å². The molecule has 2 N–H and O–H groups in total. The van der Waals surface area contributed by atoms with Crippen LogP contribution in [0.2, 0.25) is 0 Å². The van der Waals surface area contributed by atoms with Crippen molar-refractivity contribution >= 4 is 17.3 Å². The number of piperidine rings is 1. The van der Waals surface area contributed by atoms with Crippen molar-refractivity contribution in [3.8, 4) is 0 Å². The Bertz CT molecular complexity index is 207. The zero-order valence-corrected chi connectivity index (χ0v) is 12.5. The van der Waals surface area contributed by atoms with E-state index in [1.165, 1.54) is 32.4 Å². The average Bonchev–Trinajstić information content (AvgIpc) is 2.29. The van der Waals surface area contributed by atoms with Crippen LogP contribution in [0.15, 0.2) is 0 Å². The van der Waals surface area contributed by atoms with Gasteiger partial charge in [0.25, 0.3) is 0 Å². The van der Waals surface area contributed by atoms with Crippen molar-refractivity contribution < 1.29 is 17.8 Å². The highest BCUT2D eigenvalue weighted by atomic mass is 32.2. The van der Waals surface area contributed by atoms with Gasteiger partial charge in [-0.1, -0.05) is 27.2 Å². The summed E-state index contributed by atoms with van der Waals surface area (Å²) in [6, 6.07) is 0. The zero-order chi connectivity index (χ0) is 14.4. The predicted molar refractivity (Wildman–Crippen MR) is 71.1 cm³/mol. The van der Waals surface area contributed by atoms with E-state index in [2.05, 4.69) is 30.4 Å². The van der Waals surface area contributed by atoms with Gasteiger partial charge in [0.05, 0.1) is 0 Å². The maximum Gasteiger partial charge on any atom is 0.241 e. The summed E-state index contributed by atoms with van der Waals surface area (Å²) in [7, 11) is 0. The van der Waals surface area contributed by atoms with Crippen molar-refractivity contribution in [2.45, 2.75) is 47.0 Å². The van der Waals surface area contributed by atoms with E-state index in [0.29, 0.717) is 0 Å². The van der Waals surface area contributed by atoms with Crippen LogP contribution in [0.3, 0.4) is 0 Å². The fourth-order valence-corrected chi connectivity index (χ4v) is 1.30. The molecule has 0 radical (unpaired) electrons. The van der Waals surface area contributed by atoms with Crippen molar-refractivity contribution in [1.82, 2.24) is 10.8 Å². The monoisotopic (exact) mass is 281 g/mol. The second-order valence-electron chi connectivity index (χ2n) is 4.10. The van der Waals surface area contributed by atoms with Crippen LogP contribution in [0.5, 0.6) is 0 Å². The summed E-state index contributed by atoms with van der Waals surface area (Å²) in [5.74, 6) is 0.364. The Morgan fingerprint density at radius 3 is 2.28 bits per heavy atom. The largest absolute Gasteiger partial charge is 0.748 e. The predicted octanol–water partition coefficient (Wildman–Crippen LogP) is 1.27. The molecule has 1 fully saturated rings. The maximum atomic E-state index is 9.84. The topological polar surface area (TPSA) is 90.5 Å². The van der Waals surface area contributed by atoms with Crippen LogP contribution in [0, 0.1) is 5.92 Å². The number of hydrogen-bond acceptors (Lipinski definition) is 5. The third-order valence-electron chi connectivity index (χ3n) is 1.80. The molecule has 0 spiro atoms. The van der Waals surface area contributed by atoms with Gasteiger partial charge in [-0.3, -0.25) is 4.79 Å². The van der Waals surface area contributed by atoms with Gasteiger partial charge in [0.2, 0.25) is 5.91 Å². The molecule has 1 heterocycles. The van der Waals surface area contributed by atoms with Crippen LogP contribution in [-0.4, -0.2) is 27.8 Å².